The Labute approximate surface area is 99.8 Å². The van der Waals surface area contributed by atoms with Gasteiger partial charge in [-0.05, 0) is 26.2 Å². The normalized spacial score (nSPS) is 18.8. The lowest BCUT2D eigenvalue weighted by Gasteiger charge is -2.21. The van der Waals surface area contributed by atoms with Crippen molar-refractivity contribution in [2.45, 2.75) is 71.0 Å². The minimum absolute atomic E-state index is 0.139. The first kappa shape index (κ1) is 15.9. The number of unbranched alkanes of at least 4 members (excludes halogenated alkanes) is 1. The van der Waals surface area contributed by atoms with Gasteiger partial charge in [-0.1, -0.05) is 32.6 Å². The van der Waals surface area contributed by atoms with Crippen LogP contribution in [0.25, 0.3) is 0 Å². The van der Waals surface area contributed by atoms with E-state index in [1.54, 1.807) is 0 Å². The summed E-state index contributed by atoms with van der Waals surface area (Å²) in [5, 5.41) is 16.0. The summed E-state index contributed by atoms with van der Waals surface area (Å²) in [6.07, 6.45) is 9.35. The number of aliphatic hydroxyl groups excluding tert-OH is 2. The Hall–Kier alpha value is -0.120. The zero-order valence-electron chi connectivity index (χ0n) is 10.8. The van der Waals surface area contributed by atoms with E-state index >= 15 is 0 Å². The van der Waals surface area contributed by atoms with Gasteiger partial charge in [0, 0.05) is 6.61 Å². The summed E-state index contributed by atoms with van der Waals surface area (Å²) < 4.78 is 5.72. The first-order chi connectivity index (χ1) is 7.70. The van der Waals surface area contributed by atoms with E-state index in [9.17, 15) is 0 Å². The zero-order chi connectivity index (χ0) is 12.2. The van der Waals surface area contributed by atoms with Gasteiger partial charge in [0.25, 0.3) is 0 Å². The average molecular weight is 232 g/mol. The summed E-state index contributed by atoms with van der Waals surface area (Å²) in [5.41, 5.74) is 0. The highest BCUT2D eigenvalue weighted by atomic mass is 16.5. The van der Waals surface area contributed by atoms with E-state index in [2.05, 4.69) is 6.92 Å². The van der Waals surface area contributed by atoms with Crippen LogP contribution in [-0.2, 0) is 4.74 Å². The number of rotatable bonds is 5. The molecule has 2 N–H and O–H groups in total. The molecule has 0 amide bonds. The van der Waals surface area contributed by atoms with E-state index in [1.807, 2.05) is 0 Å². The van der Waals surface area contributed by atoms with Crippen molar-refractivity contribution in [3.63, 3.8) is 0 Å². The standard InChI is InChI=1S/C10H20O.C3H8O2/c1-2-3-9-11-10-7-5-4-6-8-10;1-3(5)2-4/h10H,2-9H2,1H3;3-5H,2H2,1H3. The van der Waals surface area contributed by atoms with Crippen LogP contribution >= 0.6 is 0 Å². The van der Waals surface area contributed by atoms with Crippen molar-refractivity contribution in [3.05, 3.63) is 0 Å². The van der Waals surface area contributed by atoms with Gasteiger partial charge in [0.1, 0.15) is 0 Å². The third-order valence-corrected chi connectivity index (χ3v) is 2.67. The zero-order valence-corrected chi connectivity index (χ0v) is 10.8. The molecule has 0 radical (unpaired) electrons. The molecule has 0 heterocycles. The predicted molar refractivity (Wildman–Crippen MR) is 66.5 cm³/mol. The fourth-order valence-corrected chi connectivity index (χ4v) is 1.63. The molecular weight excluding hydrogens is 204 g/mol. The molecule has 0 aromatic carbocycles. The van der Waals surface area contributed by atoms with Crippen LogP contribution in [-0.4, -0.2) is 35.6 Å². The molecule has 1 aliphatic carbocycles. The van der Waals surface area contributed by atoms with Gasteiger partial charge in [0.05, 0.1) is 18.8 Å². The number of ether oxygens (including phenoxy) is 1. The van der Waals surface area contributed by atoms with Gasteiger partial charge in [0.15, 0.2) is 0 Å². The van der Waals surface area contributed by atoms with Crippen molar-refractivity contribution in [2.75, 3.05) is 13.2 Å². The summed E-state index contributed by atoms with van der Waals surface area (Å²) in [7, 11) is 0. The Bertz CT molecular complexity index is 131. The minimum Gasteiger partial charge on any atom is -0.394 e. The summed E-state index contributed by atoms with van der Waals surface area (Å²) in [5.74, 6) is 0. The molecule has 0 saturated heterocycles. The lowest BCUT2D eigenvalue weighted by molar-refractivity contribution is 0.0269. The molecule has 1 saturated carbocycles. The van der Waals surface area contributed by atoms with Gasteiger partial charge >= 0.3 is 0 Å². The smallest absolute Gasteiger partial charge is 0.0742 e. The number of hydrogen-bond acceptors (Lipinski definition) is 3. The van der Waals surface area contributed by atoms with E-state index in [-0.39, 0.29) is 6.61 Å². The monoisotopic (exact) mass is 232 g/mol. The second-order valence-corrected chi connectivity index (χ2v) is 4.52. The first-order valence-electron chi connectivity index (χ1n) is 6.61. The van der Waals surface area contributed by atoms with Crippen molar-refractivity contribution in [3.8, 4) is 0 Å². The van der Waals surface area contributed by atoms with Crippen LogP contribution in [0.5, 0.6) is 0 Å². The van der Waals surface area contributed by atoms with Crippen LogP contribution in [0.4, 0.5) is 0 Å². The Morgan fingerprint density at radius 2 is 1.81 bits per heavy atom. The minimum atomic E-state index is -0.560. The van der Waals surface area contributed by atoms with Gasteiger partial charge in [-0.3, -0.25) is 0 Å². The molecular formula is C13H28O3. The van der Waals surface area contributed by atoms with Crippen LogP contribution in [0.15, 0.2) is 0 Å². The summed E-state index contributed by atoms with van der Waals surface area (Å²) in [4.78, 5) is 0. The molecule has 1 aliphatic rings. The van der Waals surface area contributed by atoms with E-state index in [4.69, 9.17) is 14.9 Å². The topological polar surface area (TPSA) is 49.7 Å². The summed E-state index contributed by atoms with van der Waals surface area (Å²) in [6.45, 7) is 4.59. The fraction of sp³-hybridized carbons (Fsp3) is 1.00. The second kappa shape index (κ2) is 11.4. The van der Waals surface area contributed by atoms with Crippen molar-refractivity contribution < 1.29 is 14.9 Å². The maximum absolute atomic E-state index is 8.11. The first-order valence-corrected chi connectivity index (χ1v) is 6.61. The van der Waals surface area contributed by atoms with Crippen molar-refractivity contribution in [1.29, 1.82) is 0 Å². The molecule has 0 aromatic rings. The Morgan fingerprint density at radius 3 is 2.25 bits per heavy atom. The lowest BCUT2D eigenvalue weighted by atomic mass is 9.98. The van der Waals surface area contributed by atoms with E-state index < -0.39 is 6.10 Å². The fourth-order valence-electron chi connectivity index (χ4n) is 1.63. The molecule has 3 heteroatoms. The predicted octanol–water partition coefficient (Wildman–Crippen LogP) is 2.50. The Morgan fingerprint density at radius 1 is 1.25 bits per heavy atom. The SMILES string of the molecule is CC(O)CO.CCCCOC1CCCCC1. The highest BCUT2D eigenvalue weighted by Gasteiger charge is 2.12. The van der Waals surface area contributed by atoms with Crippen LogP contribution in [0.2, 0.25) is 0 Å². The molecule has 0 aromatic heterocycles. The molecule has 3 nitrogen and oxygen atoms in total. The third kappa shape index (κ3) is 10.4. The van der Waals surface area contributed by atoms with Gasteiger partial charge in [-0.25, -0.2) is 0 Å². The van der Waals surface area contributed by atoms with E-state index in [0.29, 0.717) is 6.10 Å². The molecule has 0 spiro atoms. The lowest BCUT2D eigenvalue weighted by Crippen LogP contribution is -2.16. The Balaban J connectivity index is 0.000000385. The largest absolute Gasteiger partial charge is 0.394 e. The highest BCUT2D eigenvalue weighted by molar-refractivity contribution is 4.64. The van der Waals surface area contributed by atoms with Crippen molar-refractivity contribution in [1.82, 2.24) is 0 Å². The maximum Gasteiger partial charge on any atom is 0.0742 e. The highest BCUT2D eigenvalue weighted by Crippen LogP contribution is 2.20. The quantitative estimate of drug-likeness (QED) is 0.716. The molecule has 0 bridgehead atoms. The van der Waals surface area contributed by atoms with Crippen LogP contribution in [0.3, 0.4) is 0 Å². The number of hydrogen-bond donors (Lipinski definition) is 2. The molecule has 1 atom stereocenters. The second-order valence-electron chi connectivity index (χ2n) is 4.52. The van der Waals surface area contributed by atoms with Gasteiger partial charge in [-0.2, -0.15) is 0 Å². The van der Waals surface area contributed by atoms with Gasteiger partial charge < -0.3 is 14.9 Å². The molecule has 1 fully saturated rings. The Kier molecular flexibility index (Phi) is 11.3. The number of aliphatic hydroxyl groups is 2. The average Bonchev–Trinajstić information content (AvgIpc) is 2.31. The van der Waals surface area contributed by atoms with Crippen LogP contribution in [0.1, 0.15) is 58.8 Å². The van der Waals surface area contributed by atoms with Crippen LogP contribution in [0, 0.1) is 0 Å². The van der Waals surface area contributed by atoms with E-state index in [1.165, 1.54) is 51.9 Å². The molecule has 1 unspecified atom stereocenters. The molecule has 16 heavy (non-hydrogen) atoms. The van der Waals surface area contributed by atoms with Crippen LogP contribution < -0.4 is 0 Å². The third-order valence-electron chi connectivity index (χ3n) is 2.67. The molecule has 1 rings (SSSR count). The van der Waals surface area contributed by atoms with E-state index in [0.717, 1.165) is 6.61 Å². The summed E-state index contributed by atoms with van der Waals surface area (Å²) >= 11 is 0. The van der Waals surface area contributed by atoms with Crippen molar-refractivity contribution in [2.24, 2.45) is 0 Å². The summed E-state index contributed by atoms with van der Waals surface area (Å²) in [6, 6.07) is 0. The van der Waals surface area contributed by atoms with Crippen molar-refractivity contribution >= 4 is 0 Å². The molecule has 0 aliphatic heterocycles. The van der Waals surface area contributed by atoms with Gasteiger partial charge in [0.2, 0.25) is 0 Å². The maximum atomic E-state index is 8.11. The molecule has 98 valence electrons. The van der Waals surface area contributed by atoms with Gasteiger partial charge in [-0.15, -0.1) is 0 Å².